The molecular formula is C24H18FN3O4. The summed E-state index contributed by atoms with van der Waals surface area (Å²) in [5, 5.41) is 12.7. The number of carbonyl (C=O) groups is 1. The molecule has 1 amide bonds. The number of anilines is 1. The van der Waals surface area contributed by atoms with Crippen LogP contribution in [-0.2, 0) is 0 Å². The minimum atomic E-state index is -0.844. The lowest BCUT2D eigenvalue weighted by atomic mass is 10.1. The average molecular weight is 431 g/mol. The van der Waals surface area contributed by atoms with Gasteiger partial charge in [0.2, 0.25) is 5.82 Å². The number of halogens is 1. The lowest BCUT2D eigenvalue weighted by molar-refractivity contribution is 0.102. The quantitative estimate of drug-likeness (QED) is 0.421. The second-order valence-electron chi connectivity index (χ2n) is 6.76. The van der Waals surface area contributed by atoms with E-state index in [4.69, 9.17) is 9.47 Å². The van der Waals surface area contributed by atoms with E-state index in [2.05, 4.69) is 15.3 Å². The first kappa shape index (κ1) is 20.8. The van der Waals surface area contributed by atoms with Gasteiger partial charge in [0.05, 0.1) is 5.56 Å². The fourth-order valence-electron chi connectivity index (χ4n) is 2.84. The van der Waals surface area contributed by atoms with Gasteiger partial charge in [0.1, 0.15) is 23.6 Å². The number of benzene rings is 3. The zero-order chi connectivity index (χ0) is 22.5. The molecule has 4 aromatic rings. The summed E-state index contributed by atoms with van der Waals surface area (Å²) in [5.41, 5.74) is 1.24. The molecule has 0 radical (unpaired) electrons. The van der Waals surface area contributed by atoms with Gasteiger partial charge in [-0.2, -0.15) is 14.4 Å². The number of phenols is 1. The van der Waals surface area contributed by atoms with E-state index in [0.717, 1.165) is 6.33 Å². The summed E-state index contributed by atoms with van der Waals surface area (Å²) >= 11 is 0. The molecule has 0 aliphatic heterocycles. The number of rotatable bonds is 6. The molecule has 4 rings (SSSR count). The maximum absolute atomic E-state index is 14.7. The molecule has 1 aromatic heterocycles. The van der Waals surface area contributed by atoms with Crippen LogP contribution in [0.3, 0.4) is 0 Å². The summed E-state index contributed by atoms with van der Waals surface area (Å²) in [5.74, 6) is -1.21. The third kappa shape index (κ3) is 4.65. The van der Waals surface area contributed by atoms with E-state index in [1.54, 1.807) is 67.6 Å². The van der Waals surface area contributed by atoms with E-state index >= 15 is 0 Å². The highest BCUT2D eigenvalue weighted by atomic mass is 19.1. The van der Waals surface area contributed by atoms with Crippen LogP contribution in [0, 0.1) is 12.7 Å². The Balaban J connectivity index is 1.45. The molecule has 0 fully saturated rings. The molecule has 3 aromatic carbocycles. The van der Waals surface area contributed by atoms with E-state index in [1.807, 2.05) is 6.07 Å². The van der Waals surface area contributed by atoms with Crippen LogP contribution in [0.1, 0.15) is 15.9 Å². The summed E-state index contributed by atoms with van der Waals surface area (Å²) in [7, 11) is 0. The van der Waals surface area contributed by atoms with Crippen molar-refractivity contribution in [1.82, 2.24) is 9.97 Å². The smallest absolute Gasteiger partial charge is 0.263 e. The number of amides is 1. The Morgan fingerprint density at radius 1 is 0.875 bits per heavy atom. The molecule has 8 heteroatoms. The van der Waals surface area contributed by atoms with Crippen LogP contribution in [0.15, 0.2) is 79.1 Å². The highest BCUT2D eigenvalue weighted by Gasteiger charge is 2.16. The van der Waals surface area contributed by atoms with E-state index in [-0.39, 0.29) is 23.1 Å². The minimum Gasteiger partial charge on any atom is -0.507 e. The second-order valence-corrected chi connectivity index (χ2v) is 6.76. The number of carbonyl (C=O) groups excluding carboxylic acids is 1. The largest absolute Gasteiger partial charge is 0.507 e. The third-order valence-corrected chi connectivity index (χ3v) is 4.49. The Hall–Kier alpha value is -4.46. The number of hydrogen-bond donors (Lipinski definition) is 2. The first-order valence-corrected chi connectivity index (χ1v) is 9.62. The number of para-hydroxylation sites is 2. The highest BCUT2D eigenvalue weighted by Crippen LogP contribution is 2.30. The normalized spacial score (nSPS) is 10.4. The zero-order valence-electron chi connectivity index (χ0n) is 16.9. The van der Waals surface area contributed by atoms with E-state index in [1.165, 1.54) is 6.07 Å². The Morgan fingerprint density at radius 2 is 1.50 bits per heavy atom. The van der Waals surface area contributed by atoms with Crippen molar-refractivity contribution in [2.24, 2.45) is 0 Å². The van der Waals surface area contributed by atoms with Gasteiger partial charge in [0, 0.05) is 5.69 Å². The first-order valence-electron chi connectivity index (χ1n) is 9.62. The lowest BCUT2D eigenvalue weighted by Gasteiger charge is -2.10. The van der Waals surface area contributed by atoms with Crippen molar-refractivity contribution in [3.63, 3.8) is 0 Å². The standard InChI is InChI=1S/C24H18FN3O4/c1-15-6-5-9-19(21(15)29)22(30)28-16-10-12-18(13-11-16)32-24-20(25)23(26-14-27-24)31-17-7-3-2-4-8-17/h2-14,29H,1H3,(H,28,30). The van der Waals surface area contributed by atoms with Gasteiger partial charge in [0.15, 0.2) is 0 Å². The highest BCUT2D eigenvalue weighted by molar-refractivity contribution is 6.06. The summed E-state index contributed by atoms with van der Waals surface area (Å²) in [6, 6.07) is 19.9. The Kier molecular flexibility index (Phi) is 5.94. The molecule has 0 aliphatic carbocycles. The van der Waals surface area contributed by atoms with Gasteiger partial charge < -0.3 is 19.9 Å². The third-order valence-electron chi connectivity index (χ3n) is 4.49. The number of aromatic nitrogens is 2. The zero-order valence-corrected chi connectivity index (χ0v) is 16.9. The first-order chi connectivity index (χ1) is 15.5. The van der Waals surface area contributed by atoms with Gasteiger partial charge in [-0.05, 0) is 55.0 Å². The number of hydrogen-bond acceptors (Lipinski definition) is 6. The molecule has 0 bridgehead atoms. The molecule has 0 saturated carbocycles. The van der Waals surface area contributed by atoms with Crippen molar-refractivity contribution in [2.45, 2.75) is 6.92 Å². The molecule has 0 atom stereocenters. The summed E-state index contributed by atoms with van der Waals surface area (Å²) in [4.78, 5) is 20.0. The topological polar surface area (TPSA) is 93.6 Å². The number of phenolic OH excluding ortho intramolecular Hbond substituents is 1. The Labute approximate surface area is 183 Å². The molecule has 2 N–H and O–H groups in total. The van der Waals surface area contributed by atoms with Crippen molar-refractivity contribution in [2.75, 3.05) is 5.32 Å². The van der Waals surface area contributed by atoms with Crippen molar-refractivity contribution in [1.29, 1.82) is 0 Å². The van der Waals surface area contributed by atoms with Crippen LogP contribution >= 0.6 is 0 Å². The van der Waals surface area contributed by atoms with Crippen molar-refractivity contribution in [3.8, 4) is 29.0 Å². The second kappa shape index (κ2) is 9.13. The van der Waals surface area contributed by atoms with Crippen LogP contribution in [0.5, 0.6) is 29.0 Å². The van der Waals surface area contributed by atoms with Gasteiger partial charge in [-0.25, -0.2) is 0 Å². The molecule has 0 aliphatic rings. The maximum atomic E-state index is 14.7. The van der Waals surface area contributed by atoms with Crippen molar-refractivity contribution in [3.05, 3.63) is 96.1 Å². The summed E-state index contributed by atoms with van der Waals surface area (Å²) in [6.07, 6.45) is 1.14. The van der Waals surface area contributed by atoms with Crippen LogP contribution < -0.4 is 14.8 Å². The van der Waals surface area contributed by atoms with E-state index in [0.29, 0.717) is 22.7 Å². The van der Waals surface area contributed by atoms with Crippen LogP contribution in [0.4, 0.5) is 10.1 Å². The summed E-state index contributed by atoms with van der Waals surface area (Å²) in [6.45, 7) is 1.71. The molecule has 160 valence electrons. The SMILES string of the molecule is Cc1cccc(C(=O)Nc2ccc(Oc3ncnc(Oc4ccccc4)c3F)cc2)c1O. The fraction of sp³-hybridized carbons (Fsp3) is 0.0417. The van der Waals surface area contributed by atoms with Gasteiger partial charge in [-0.15, -0.1) is 0 Å². The average Bonchev–Trinajstić information content (AvgIpc) is 2.80. The molecular weight excluding hydrogens is 413 g/mol. The number of nitrogens with one attached hydrogen (secondary N) is 1. The predicted molar refractivity (Wildman–Crippen MR) is 116 cm³/mol. The van der Waals surface area contributed by atoms with Gasteiger partial charge in [-0.1, -0.05) is 30.3 Å². The monoisotopic (exact) mass is 431 g/mol. The molecule has 0 saturated heterocycles. The molecule has 7 nitrogen and oxygen atoms in total. The van der Waals surface area contributed by atoms with Crippen LogP contribution in [-0.4, -0.2) is 21.0 Å². The lowest BCUT2D eigenvalue weighted by Crippen LogP contribution is -2.12. The number of nitrogens with zero attached hydrogens (tertiary/aromatic N) is 2. The van der Waals surface area contributed by atoms with Gasteiger partial charge >= 0.3 is 0 Å². The number of aromatic hydroxyl groups is 1. The molecule has 0 unspecified atom stereocenters. The maximum Gasteiger partial charge on any atom is 0.263 e. The number of aryl methyl sites for hydroxylation is 1. The van der Waals surface area contributed by atoms with Crippen molar-refractivity contribution >= 4 is 11.6 Å². The van der Waals surface area contributed by atoms with Gasteiger partial charge in [-0.3, -0.25) is 4.79 Å². The molecule has 32 heavy (non-hydrogen) atoms. The Bertz CT molecular complexity index is 1250. The summed E-state index contributed by atoms with van der Waals surface area (Å²) < 4.78 is 25.6. The fourth-order valence-corrected chi connectivity index (χ4v) is 2.84. The van der Waals surface area contributed by atoms with Crippen molar-refractivity contribution < 1.29 is 23.8 Å². The predicted octanol–water partition coefficient (Wildman–Crippen LogP) is 5.47. The Morgan fingerprint density at radius 3 is 2.16 bits per heavy atom. The van der Waals surface area contributed by atoms with Gasteiger partial charge in [0.25, 0.3) is 17.7 Å². The van der Waals surface area contributed by atoms with Crippen LogP contribution in [0.25, 0.3) is 0 Å². The number of ether oxygens (including phenoxy) is 2. The minimum absolute atomic E-state index is 0.0716. The van der Waals surface area contributed by atoms with Crippen LogP contribution in [0.2, 0.25) is 0 Å². The molecule has 0 spiro atoms. The molecule has 1 heterocycles. The van der Waals surface area contributed by atoms with E-state index in [9.17, 15) is 14.3 Å². The van der Waals surface area contributed by atoms with E-state index < -0.39 is 11.7 Å².